The average molecular weight is 694 g/mol. The summed E-state index contributed by atoms with van der Waals surface area (Å²) >= 11 is 1.87. The lowest BCUT2D eigenvalue weighted by molar-refractivity contribution is 0.661. The van der Waals surface area contributed by atoms with Gasteiger partial charge < -0.3 is 4.90 Å². The fourth-order valence-corrected chi connectivity index (χ4v) is 10.2. The number of hydrogen-bond acceptors (Lipinski definition) is 2. The van der Waals surface area contributed by atoms with Gasteiger partial charge in [-0.2, -0.15) is 0 Å². The number of rotatable bonds is 4. The summed E-state index contributed by atoms with van der Waals surface area (Å²) in [4.78, 5) is 2.56. The number of thiophene rings is 1. The fourth-order valence-electron chi connectivity index (χ4n) is 9.07. The molecular weight excluding hydrogens is 659 g/mol. The maximum Gasteiger partial charge on any atom is 0.0555 e. The molecule has 0 radical (unpaired) electrons. The van der Waals surface area contributed by atoms with Gasteiger partial charge >= 0.3 is 0 Å². The van der Waals surface area contributed by atoms with Gasteiger partial charge in [0, 0.05) is 36.8 Å². The van der Waals surface area contributed by atoms with E-state index >= 15 is 0 Å². The Labute approximate surface area is 313 Å². The third-order valence-electron chi connectivity index (χ3n) is 11.6. The lowest BCUT2D eigenvalue weighted by Gasteiger charge is -2.31. The summed E-state index contributed by atoms with van der Waals surface area (Å²) in [7, 11) is 0. The van der Waals surface area contributed by atoms with Crippen molar-refractivity contribution in [1.82, 2.24) is 0 Å². The minimum atomic E-state index is -0.167. The van der Waals surface area contributed by atoms with Crippen molar-refractivity contribution < 1.29 is 0 Å². The van der Waals surface area contributed by atoms with Crippen molar-refractivity contribution in [3.05, 3.63) is 187 Å². The van der Waals surface area contributed by atoms with Gasteiger partial charge in [0.05, 0.1) is 11.4 Å². The van der Waals surface area contributed by atoms with E-state index in [1.165, 1.54) is 97.2 Å². The first-order valence-corrected chi connectivity index (χ1v) is 19.2. The summed E-state index contributed by atoms with van der Waals surface area (Å²) < 4.78 is 2.60. The van der Waals surface area contributed by atoms with Crippen LogP contribution in [0.25, 0.3) is 74.7 Å². The molecule has 1 nitrogen and oxygen atoms in total. The third-order valence-corrected chi connectivity index (χ3v) is 12.7. The van der Waals surface area contributed by atoms with Crippen LogP contribution in [0, 0.1) is 0 Å². The Bertz CT molecular complexity index is 3100. The first-order chi connectivity index (χ1) is 26.0. The van der Waals surface area contributed by atoms with Gasteiger partial charge in [0.1, 0.15) is 0 Å². The van der Waals surface area contributed by atoms with Gasteiger partial charge in [0.15, 0.2) is 0 Å². The molecule has 0 bridgehead atoms. The summed E-state index contributed by atoms with van der Waals surface area (Å²) in [6.07, 6.45) is 0. The molecular formula is C51H35NS. The Kier molecular flexibility index (Phi) is 6.53. The largest absolute Gasteiger partial charge is 0.309 e. The molecule has 1 aliphatic carbocycles. The van der Waals surface area contributed by atoms with Gasteiger partial charge in [-0.25, -0.2) is 0 Å². The smallest absolute Gasteiger partial charge is 0.0555 e. The van der Waals surface area contributed by atoms with Gasteiger partial charge in [-0.1, -0.05) is 141 Å². The summed E-state index contributed by atoms with van der Waals surface area (Å²) in [5.41, 5.74) is 11.3. The molecule has 0 N–H and O–H groups in total. The van der Waals surface area contributed by atoms with Gasteiger partial charge in [-0.15, -0.1) is 11.3 Å². The van der Waals surface area contributed by atoms with Crippen LogP contribution in [0.3, 0.4) is 0 Å². The zero-order chi connectivity index (χ0) is 35.3. The standard InChI is InChI=1S/C51H35NS/c1-51(2)43-30-35-16-4-3-15-34(35)29-42(43)39-27-26-36(31-44(39)51)52(45-22-12-24-48-50(45)41-20-9-10-23-47(41)53-48)46-28-25-33-14-6-8-19-38(33)49(46)40-21-11-17-32-13-5-7-18-37(32)40/h3-31H,1-2H3. The highest BCUT2D eigenvalue weighted by atomic mass is 32.1. The maximum atomic E-state index is 2.56. The molecule has 250 valence electrons. The zero-order valence-electron chi connectivity index (χ0n) is 29.6. The van der Waals surface area contributed by atoms with Crippen LogP contribution < -0.4 is 4.90 Å². The van der Waals surface area contributed by atoms with Gasteiger partial charge in [-0.3, -0.25) is 0 Å². The summed E-state index contributed by atoms with van der Waals surface area (Å²) in [6.45, 7) is 4.79. The van der Waals surface area contributed by atoms with Crippen molar-refractivity contribution in [3.63, 3.8) is 0 Å². The number of anilines is 3. The number of fused-ring (bicyclic) bond motifs is 9. The minimum Gasteiger partial charge on any atom is -0.309 e. The van der Waals surface area contributed by atoms with E-state index < -0.39 is 0 Å². The molecule has 0 spiro atoms. The van der Waals surface area contributed by atoms with E-state index in [9.17, 15) is 0 Å². The lowest BCUT2D eigenvalue weighted by Crippen LogP contribution is -2.17. The van der Waals surface area contributed by atoms with Crippen LogP contribution in [0.1, 0.15) is 25.0 Å². The third kappa shape index (κ3) is 4.49. The quantitative estimate of drug-likeness (QED) is 0.177. The lowest BCUT2D eigenvalue weighted by atomic mass is 9.81. The second kappa shape index (κ2) is 11.4. The normalized spacial score (nSPS) is 13.2. The first-order valence-electron chi connectivity index (χ1n) is 18.4. The predicted molar refractivity (Wildman–Crippen MR) is 230 cm³/mol. The molecule has 0 saturated heterocycles. The van der Waals surface area contributed by atoms with Crippen molar-refractivity contribution in [1.29, 1.82) is 0 Å². The Morgan fingerprint density at radius 2 is 1.04 bits per heavy atom. The molecule has 0 amide bonds. The van der Waals surface area contributed by atoms with Crippen molar-refractivity contribution in [2.75, 3.05) is 4.90 Å². The second-order valence-corrected chi connectivity index (χ2v) is 16.0. The molecule has 2 heteroatoms. The van der Waals surface area contributed by atoms with E-state index in [1.54, 1.807) is 0 Å². The topological polar surface area (TPSA) is 3.24 Å². The Hall–Kier alpha value is -6.22. The molecule has 10 aromatic rings. The molecule has 1 aliphatic rings. The van der Waals surface area contributed by atoms with E-state index in [1.807, 2.05) is 11.3 Å². The van der Waals surface area contributed by atoms with E-state index in [0.717, 1.165) is 5.69 Å². The molecule has 53 heavy (non-hydrogen) atoms. The van der Waals surface area contributed by atoms with Gasteiger partial charge in [-0.05, 0) is 109 Å². The SMILES string of the molecule is CC1(C)c2cc(N(c3ccc4ccccc4c3-c3cccc4ccccc34)c3cccc4sc5ccccc5c34)ccc2-c2cc3ccccc3cc21. The van der Waals surface area contributed by atoms with Crippen LogP contribution >= 0.6 is 11.3 Å². The van der Waals surface area contributed by atoms with Crippen LogP contribution in [0.5, 0.6) is 0 Å². The monoisotopic (exact) mass is 693 g/mol. The minimum absolute atomic E-state index is 0.167. The fraction of sp³-hybridized carbons (Fsp3) is 0.0588. The number of hydrogen-bond donors (Lipinski definition) is 0. The van der Waals surface area contributed by atoms with Gasteiger partial charge in [0.2, 0.25) is 0 Å². The van der Waals surface area contributed by atoms with E-state index in [4.69, 9.17) is 0 Å². The maximum absolute atomic E-state index is 2.56. The summed E-state index contributed by atoms with van der Waals surface area (Å²) in [6, 6.07) is 65.5. The summed E-state index contributed by atoms with van der Waals surface area (Å²) in [5, 5.41) is 10.1. The van der Waals surface area contributed by atoms with Crippen molar-refractivity contribution in [2.45, 2.75) is 19.3 Å². The molecule has 1 heterocycles. The number of nitrogens with zero attached hydrogens (tertiary/aromatic N) is 1. The zero-order valence-corrected chi connectivity index (χ0v) is 30.4. The van der Waals surface area contributed by atoms with E-state index in [0.29, 0.717) is 0 Å². The van der Waals surface area contributed by atoms with Crippen LogP contribution in [-0.4, -0.2) is 0 Å². The van der Waals surface area contributed by atoms with Crippen LogP contribution in [0.15, 0.2) is 176 Å². The highest BCUT2D eigenvalue weighted by Gasteiger charge is 2.37. The predicted octanol–water partition coefficient (Wildman–Crippen LogP) is 15.0. The van der Waals surface area contributed by atoms with Crippen molar-refractivity contribution in [3.8, 4) is 22.3 Å². The molecule has 1 aromatic heterocycles. The Balaban J connectivity index is 1.24. The number of benzene rings is 9. The van der Waals surface area contributed by atoms with Crippen LogP contribution in [0.2, 0.25) is 0 Å². The molecule has 9 aromatic carbocycles. The highest BCUT2D eigenvalue weighted by Crippen LogP contribution is 2.54. The Morgan fingerprint density at radius 3 is 1.87 bits per heavy atom. The van der Waals surface area contributed by atoms with Crippen LogP contribution in [-0.2, 0) is 5.41 Å². The van der Waals surface area contributed by atoms with E-state index in [2.05, 4.69) is 195 Å². The van der Waals surface area contributed by atoms with Crippen molar-refractivity contribution >= 4 is 80.9 Å². The van der Waals surface area contributed by atoms with Gasteiger partial charge in [0.25, 0.3) is 0 Å². The molecule has 0 atom stereocenters. The average Bonchev–Trinajstić information content (AvgIpc) is 3.69. The summed E-state index contributed by atoms with van der Waals surface area (Å²) in [5.74, 6) is 0. The van der Waals surface area contributed by atoms with Crippen LogP contribution in [0.4, 0.5) is 17.1 Å². The Morgan fingerprint density at radius 1 is 0.415 bits per heavy atom. The molecule has 0 unspecified atom stereocenters. The van der Waals surface area contributed by atoms with E-state index in [-0.39, 0.29) is 5.41 Å². The molecule has 0 saturated carbocycles. The molecule has 0 fully saturated rings. The first kappa shape index (κ1) is 30.4. The molecule has 0 aliphatic heterocycles. The molecule has 11 rings (SSSR count). The second-order valence-electron chi connectivity index (χ2n) is 14.9. The van der Waals surface area contributed by atoms with Crippen molar-refractivity contribution in [2.24, 2.45) is 0 Å². The highest BCUT2D eigenvalue weighted by molar-refractivity contribution is 7.26.